The summed E-state index contributed by atoms with van der Waals surface area (Å²) in [4.78, 5) is 55.4. The number of benzene rings is 8. The first-order valence-corrected chi connectivity index (χ1v) is 24.6. The van der Waals surface area contributed by atoms with Crippen LogP contribution in [0.4, 0.5) is 0 Å². The van der Waals surface area contributed by atoms with Crippen LogP contribution in [0, 0.1) is 35.5 Å². The van der Waals surface area contributed by atoms with Gasteiger partial charge in [-0.3, -0.25) is 19.2 Å². The van der Waals surface area contributed by atoms with Gasteiger partial charge in [0.2, 0.25) is 0 Å². The summed E-state index contributed by atoms with van der Waals surface area (Å²) in [6, 6.07) is 58.2. The SMILES string of the molecule is COc1ccccc1[C@H]1[C@@H](C(=O)O)[C@H](c2ccc(C#Cc3cccc4c(OC(=O)[C@H]5[C@@H](c6ccccc6)[C@H](C(=O)O)[C@@H]5c5ccccc5)cccc34)cc2OC)[C@@H]1C(=O)OCC1c2ccccc2-c2ccccc21. The smallest absolute Gasteiger partial charge is 0.315 e. The number of esters is 2. The molecule has 0 aromatic heterocycles. The predicted molar refractivity (Wildman–Crippen MR) is 279 cm³/mol. The summed E-state index contributed by atoms with van der Waals surface area (Å²) in [5.41, 5.74) is 8.22. The second-order valence-corrected chi connectivity index (χ2v) is 19.1. The van der Waals surface area contributed by atoms with Gasteiger partial charge in [-0.1, -0.05) is 170 Å². The number of ether oxygens (including phenoxy) is 4. The first-order valence-electron chi connectivity index (χ1n) is 24.6. The zero-order chi connectivity index (χ0) is 51.0. The molecule has 10 nitrogen and oxygen atoms in total. The molecule has 0 bridgehead atoms. The minimum atomic E-state index is -1.07. The monoisotopic (exact) mass is 978 g/mol. The summed E-state index contributed by atoms with van der Waals surface area (Å²) in [5.74, 6) is -1.84. The fourth-order valence-corrected chi connectivity index (χ4v) is 12.2. The van der Waals surface area contributed by atoms with Gasteiger partial charge in [0.15, 0.2) is 0 Å². The predicted octanol–water partition coefficient (Wildman–Crippen LogP) is 11.6. The number of aliphatic carboxylic acids is 2. The number of carboxylic acids is 2. The van der Waals surface area contributed by atoms with Crippen LogP contribution in [0.15, 0.2) is 188 Å². The molecule has 6 atom stereocenters. The van der Waals surface area contributed by atoms with E-state index >= 15 is 0 Å². The average molecular weight is 979 g/mol. The maximum Gasteiger partial charge on any atom is 0.315 e. The van der Waals surface area contributed by atoms with Gasteiger partial charge >= 0.3 is 23.9 Å². The molecule has 2 saturated carbocycles. The molecule has 8 aromatic rings. The summed E-state index contributed by atoms with van der Waals surface area (Å²) in [7, 11) is 3.03. The summed E-state index contributed by atoms with van der Waals surface area (Å²) < 4.78 is 24.3. The molecule has 10 heteroatoms. The minimum absolute atomic E-state index is 0.0768. The van der Waals surface area contributed by atoms with E-state index in [1.165, 1.54) is 14.2 Å². The highest BCUT2D eigenvalue weighted by Gasteiger charge is 2.61. The molecule has 0 radical (unpaired) electrons. The van der Waals surface area contributed by atoms with E-state index < -0.39 is 71.2 Å². The zero-order valence-corrected chi connectivity index (χ0v) is 40.5. The van der Waals surface area contributed by atoms with E-state index in [1.54, 1.807) is 36.4 Å². The van der Waals surface area contributed by atoms with Crippen LogP contribution in [0.2, 0.25) is 0 Å². The lowest BCUT2D eigenvalue weighted by Gasteiger charge is -2.49. The third-order valence-electron chi connectivity index (χ3n) is 15.5. The van der Waals surface area contributed by atoms with E-state index in [2.05, 4.69) is 36.1 Å². The second kappa shape index (κ2) is 19.9. The molecular weight excluding hydrogens is 929 g/mol. The van der Waals surface area contributed by atoms with Crippen LogP contribution >= 0.6 is 0 Å². The Kier molecular flexibility index (Phi) is 12.8. The Morgan fingerprint density at radius 3 is 1.55 bits per heavy atom. The maximum atomic E-state index is 14.7. The van der Waals surface area contributed by atoms with Gasteiger partial charge in [0, 0.05) is 51.5 Å². The zero-order valence-electron chi connectivity index (χ0n) is 40.5. The number of methoxy groups -OCH3 is 2. The van der Waals surface area contributed by atoms with Crippen molar-refractivity contribution in [1.82, 2.24) is 0 Å². The molecule has 3 aliphatic rings. The normalized spacial score (nSPS) is 21.3. The number of para-hydroxylation sites is 1. The van der Waals surface area contributed by atoms with Crippen LogP contribution in [0.1, 0.15) is 74.1 Å². The first kappa shape index (κ1) is 47.4. The minimum Gasteiger partial charge on any atom is -0.496 e. The largest absolute Gasteiger partial charge is 0.496 e. The topological polar surface area (TPSA) is 146 Å². The molecule has 8 aromatic carbocycles. The van der Waals surface area contributed by atoms with Crippen molar-refractivity contribution in [2.24, 2.45) is 23.7 Å². The Morgan fingerprint density at radius 2 is 0.946 bits per heavy atom. The number of fused-ring (bicyclic) bond motifs is 4. The molecule has 3 aliphatic carbocycles. The van der Waals surface area contributed by atoms with Crippen LogP contribution in [-0.4, -0.2) is 54.9 Å². The van der Waals surface area contributed by atoms with Gasteiger partial charge in [-0.2, -0.15) is 0 Å². The van der Waals surface area contributed by atoms with Crippen molar-refractivity contribution in [2.75, 3.05) is 20.8 Å². The van der Waals surface area contributed by atoms with E-state index in [0.29, 0.717) is 44.9 Å². The van der Waals surface area contributed by atoms with E-state index in [-0.39, 0.29) is 12.5 Å². The van der Waals surface area contributed by atoms with E-state index in [1.807, 2.05) is 127 Å². The fraction of sp³-hybridized carbons (Fsp3) is 0.188. The molecular formula is C64H50O10. The van der Waals surface area contributed by atoms with Crippen molar-refractivity contribution in [1.29, 1.82) is 0 Å². The number of carbonyl (C=O) groups is 4. The van der Waals surface area contributed by atoms with Gasteiger partial charge < -0.3 is 29.2 Å². The molecule has 0 unspecified atom stereocenters. The molecule has 366 valence electrons. The number of carboxylic acid groups (broad SMARTS) is 2. The highest BCUT2D eigenvalue weighted by Crippen LogP contribution is 2.61. The highest BCUT2D eigenvalue weighted by molar-refractivity contribution is 5.95. The van der Waals surface area contributed by atoms with Crippen molar-refractivity contribution in [3.8, 4) is 40.2 Å². The van der Waals surface area contributed by atoms with Gasteiger partial charge in [0.05, 0.1) is 37.9 Å². The third kappa shape index (κ3) is 8.30. The lowest BCUT2D eigenvalue weighted by Crippen LogP contribution is -2.52. The molecule has 0 amide bonds. The van der Waals surface area contributed by atoms with Gasteiger partial charge in [-0.15, -0.1) is 0 Å². The molecule has 2 fully saturated rings. The van der Waals surface area contributed by atoms with Crippen LogP contribution in [-0.2, 0) is 23.9 Å². The number of rotatable bonds is 13. The van der Waals surface area contributed by atoms with Crippen molar-refractivity contribution in [3.05, 3.63) is 233 Å². The van der Waals surface area contributed by atoms with Gasteiger partial charge in [0.25, 0.3) is 0 Å². The van der Waals surface area contributed by atoms with Crippen LogP contribution in [0.5, 0.6) is 17.2 Å². The molecule has 74 heavy (non-hydrogen) atoms. The molecule has 0 spiro atoms. The Balaban J connectivity index is 0.888. The molecule has 0 heterocycles. The third-order valence-corrected chi connectivity index (χ3v) is 15.5. The van der Waals surface area contributed by atoms with Gasteiger partial charge in [-0.25, -0.2) is 0 Å². The standard InChI is InChI=1S/C64H50O10/c1-71-50-29-14-13-26-47(50)55-58(62(67)68)56(60(55)63(69)73-36-49-44-24-11-9-22-42(44)43-23-10-12-25-45(43)49)48-34-32-37(35-52(48)72-2)31-33-38-21-15-28-46-41(38)27-16-30-51(46)74-64(70)59-53(39-17-5-3-6-18-39)57(61(65)66)54(59)40-19-7-4-8-20-40/h3-30,32,34-35,49,53-60H,36H2,1-2H3,(H,65,66)(H,67,68)/t53-,54-,55-,56-,57-,58+,59-,60+/m0/s1. The van der Waals surface area contributed by atoms with Crippen molar-refractivity contribution in [2.45, 2.75) is 29.6 Å². The summed E-state index contributed by atoms with van der Waals surface area (Å²) >= 11 is 0. The second-order valence-electron chi connectivity index (χ2n) is 19.1. The summed E-state index contributed by atoms with van der Waals surface area (Å²) in [6.45, 7) is 0.0768. The van der Waals surface area contributed by atoms with Gasteiger partial charge in [-0.05, 0) is 74.8 Å². The Hall–Kier alpha value is -8.94. The van der Waals surface area contributed by atoms with Crippen molar-refractivity contribution in [3.63, 3.8) is 0 Å². The maximum absolute atomic E-state index is 14.7. The number of hydrogen-bond donors (Lipinski definition) is 2. The van der Waals surface area contributed by atoms with Crippen LogP contribution < -0.4 is 14.2 Å². The van der Waals surface area contributed by atoms with E-state index in [0.717, 1.165) is 38.8 Å². The molecule has 2 N–H and O–H groups in total. The molecule has 0 saturated heterocycles. The molecule has 0 aliphatic heterocycles. The first-order chi connectivity index (χ1) is 36.2. The van der Waals surface area contributed by atoms with Crippen LogP contribution in [0.25, 0.3) is 21.9 Å². The quantitative estimate of drug-likeness (QED) is 0.0650. The Labute approximate surface area is 428 Å². The highest BCUT2D eigenvalue weighted by atomic mass is 16.5. The fourth-order valence-electron chi connectivity index (χ4n) is 12.2. The van der Waals surface area contributed by atoms with Crippen LogP contribution in [0.3, 0.4) is 0 Å². The van der Waals surface area contributed by atoms with E-state index in [4.69, 9.17) is 18.9 Å². The summed E-state index contributed by atoms with van der Waals surface area (Å²) in [6.07, 6.45) is 0. The lowest BCUT2D eigenvalue weighted by atomic mass is 9.52. The van der Waals surface area contributed by atoms with Crippen molar-refractivity contribution < 1.29 is 48.3 Å². The van der Waals surface area contributed by atoms with E-state index in [9.17, 15) is 29.4 Å². The van der Waals surface area contributed by atoms with Crippen molar-refractivity contribution >= 4 is 34.6 Å². The lowest BCUT2D eigenvalue weighted by molar-refractivity contribution is -0.165. The average Bonchev–Trinajstić information content (AvgIpc) is 3.73. The number of hydrogen-bond acceptors (Lipinski definition) is 8. The van der Waals surface area contributed by atoms with Gasteiger partial charge in [0.1, 0.15) is 23.9 Å². The number of carbonyl (C=O) groups excluding carboxylic acids is 2. The Bertz CT molecular complexity index is 3450. The molecule has 11 rings (SSSR count). The summed E-state index contributed by atoms with van der Waals surface area (Å²) in [5, 5.41) is 22.8. The Morgan fingerprint density at radius 1 is 0.446 bits per heavy atom.